The molecule has 0 fully saturated rings. The lowest BCUT2D eigenvalue weighted by Gasteiger charge is -2.18. The number of rotatable bonds is 7. The number of methoxy groups -OCH3 is 2. The Kier molecular flexibility index (Phi) is 6.60. The molecular weight excluding hydrogens is 332 g/mol. The summed E-state index contributed by atoms with van der Waals surface area (Å²) in [6.07, 6.45) is 0. The van der Waals surface area contributed by atoms with Crippen LogP contribution in [0.4, 0.5) is 0 Å². The summed E-state index contributed by atoms with van der Waals surface area (Å²) in [5.41, 5.74) is 2.39. The van der Waals surface area contributed by atoms with E-state index in [-0.39, 0.29) is 24.4 Å². The van der Waals surface area contributed by atoms with E-state index in [0.29, 0.717) is 17.1 Å². The zero-order valence-corrected chi connectivity index (χ0v) is 15.5. The van der Waals surface area contributed by atoms with E-state index in [1.54, 1.807) is 38.5 Å². The number of nitrogens with one attached hydrogen (secondary N) is 2. The second-order valence-electron chi connectivity index (χ2n) is 5.95. The predicted molar refractivity (Wildman–Crippen MR) is 99.6 cm³/mol. The summed E-state index contributed by atoms with van der Waals surface area (Å²) in [7, 11) is 3.15. The van der Waals surface area contributed by atoms with Gasteiger partial charge in [0.15, 0.2) is 0 Å². The number of hydrogen-bond donors (Lipinski definition) is 2. The van der Waals surface area contributed by atoms with E-state index in [1.807, 2.05) is 32.0 Å². The molecule has 0 saturated heterocycles. The highest BCUT2D eigenvalue weighted by Gasteiger charge is 2.16. The summed E-state index contributed by atoms with van der Waals surface area (Å²) in [6, 6.07) is 12.3. The van der Waals surface area contributed by atoms with E-state index < -0.39 is 0 Å². The van der Waals surface area contributed by atoms with Crippen molar-refractivity contribution in [3.8, 4) is 11.5 Å². The maximum absolute atomic E-state index is 12.2. The normalized spacial score (nSPS) is 11.4. The molecule has 6 nitrogen and oxygen atoms in total. The minimum Gasteiger partial charge on any atom is -0.497 e. The molecular formula is C20H24N2O4. The van der Waals surface area contributed by atoms with Gasteiger partial charge in [0.05, 0.1) is 26.8 Å². The lowest BCUT2D eigenvalue weighted by Crippen LogP contribution is -2.38. The number of benzene rings is 2. The summed E-state index contributed by atoms with van der Waals surface area (Å²) in [6.45, 7) is 3.68. The third-order valence-electron chi connectivity index (χ3n) is 4.00. The Morgan fingerprint density at radius 3 is 2.35 bits per heavy atom. The largest absolute Gasteiger partial charge is 0.497 e. The molecule has 0 spiro atoms. The van der Waals surface area contributed by atoms with Crippen molar-refractivity contribution in [2.24, 2.45) is 0 Å². The monoisotopic (exact) mass is 356 g/mol. The number of carbonyl (C=O) groups excluding carboxylic acids is 2. The van der Waals surface area contributed by atoms with Crippen molar-refractivity contribution in [1.29, 1.82) is 0 Å². The predicted octanol–water partition coefficient (Wildman–Crippen LogP) is 2.62. The molecule has 2 amide bonds. The first-order valence-corrected chi connectivity index (χ1v) is 8.30. The average molecular weight is 356 g/mol. The molecule has 0 aromatic heterocycles. The first-order chi connectivity index (χ1) is 12.4. The van der Waals surface area contributed by atoms with Crippen molar-refractivity contribution < 1.29 is 19.1 Å². The van der Waals surface area contributed by atoms with E-state index in [9.17, 15) is 9.59 Å². The summed E-state index contributed by atoms with van der Waals surface area (Å²) in [5.74, 6) is 0.756. The van der Waals surface area contributed by atoms with Crippen molar-refractivity contribution in [3.63, 3.8) is 0 Å². The lowest BCUT2D eigenvalue weighted by atomic mass is 10.1. The summed E-state index contributed by atoms with van der Waals surface area (Å²) >= 11 is 0. The quantitative estimate of drug-likeness (QED) is 0.800. The number of hydrogen-bond acceptors (Lipinski definition) is 4. The first kappa shape index (κ1) is 19.3. The third-order valence-corrected chi connectivity index (χ3v) is 4.00. The van der Waals surface area contributed by atoms with Gasteiger partial charge in [-0.25, -0.2) is 0 Å². The molecule has 0 saturated carbocycles. The highest BCUT2D eigenvalue weighted by molar-refractivity contribution is 5.96. The zero-order valence-electron chi connectivity index (χ0n) is 15.5. The van der Waals surface area contributed by atoms with Gasteiger partial charge in [-0.15, -0.1) is 0 Å². The molecule has 0 aliphatic heterocycles. The Balaban J connectivity index is 1.95. The fourth-order valence-electron chi connectivity index (χ4n) is 2.52. The Morgan fingerprint density at radius 2 is 1.73 bits per heavy atom. The van der Waals surface area contributed by atoms with Crippen LogP contribution in [0.1, 0.15) is 34.5 Å². The van der Waals surface area contributed by atoms with Crippen molar-refractivity contribution in [2.45, 2.75) is 19.9 Å². The number of carbonyl (C=O) groups is 2. The maximum atomic E-state index is 12.2. The first-order valence-electron chi connectivity index (χ1n) is 8.30. The molecule has 138 valence electrons. The van der Waals surface area contributed by atoms with Crippen LogP contribution in [-0.2, 0) is 4.79 Å². The van der Waals surface area contributed by atoms with Crippen LogP contribution in [-0.4, -0.2) is 32.6 Å². The highest BCUT2D eigenvalue weighted by Crippen LogP contribution is 2.29. The zero-order chi connectivity index (χ0) is 19.1. The van der Waals surface area contributed by atoms with Crippen molar-refractivity contribution >= 4 is 11.8 Å². The van der Waals surface area contributed by atoms with Crippen molar-refractivity contribution in [2.75, 3.05) is 20.8 Å². The summed E-state index contributed by atoms with van der Waals surface area (Å²) < 4.78 is 10.6. The van der Waals surface area contributed by atoms with Crippen LogP contribution in [0.2, 0.25) is 0 Å². The fourth-order valence-corrected chi connectivity index (χ4v) is 2.52. The van der Waals surface area contributed by atoms with E-state index in [0.717, 1.165) is 11.1 Å². The second kappa shape index (κ2) is 8.89. The van der Waals surface area contributed by atoms with Gasteiger partial charge >= 0.3 is 0 Å². The van der Waals surface area contributed by atoms with Gasteiger partial charge in [0.2, 0.25) is 5.91 Å². The van der Waals surface area contributed by atoms with E-state index in [1.165, 1.54) is 0 Å². The van der Waals surface area contributed by atoms with Gasteiger partial charge in [-0.3, -0.25) is 9.59 Å². The summed E-state index contributed by atoms with van der Waals surface area (Å²) in [5, 5.41) is 5.47. The number of ether oxygens (including phenoxy) is 2. The van der Waals surface area contributed by atoms with Gasteiger partial charge in [-0.2, -0.15) is 0 Å². The van der Waals surface area contributed by atoms with Crippen LogP contribution >= 0.6 is 0 Å². The molecule has 2 rings (SSSR count). The van der Waals surface area contributed by atoms with Crippen LogP contribution in [0.25, 0.3) is 0 Å². The molecule has 2 N–H and O–H groups in total. The Hall–Kier alpha value is -3.02. The molecule has 0 bridgehead atoms. The highest BCUT2D eigenvalue weighted by atomic mass is 16.5. The van der Waals surface area contributed by atoms with Gasteiger partial charge in [0, 0.05) is 11.1 Å². The smallest absolute Gasteiger partial charge is 0.251 e. The molecule has 0 heterocycles. The molecule has 6 heteroatoms. The minimum absolute atomic E-state index is 0.108. The summed E-state index contributed by atoms with van der Waals surface area (Å²) in [4.78, 5) is 24.2. The molecule has 1 atom stereocenters. The molecule has 2 aromatic carbocycles. The molecule has 0 radical (unpaired) electrons. The second-order valence-corrected chi connectivity index (χ2v) is 5.95. The fraction of sp³-hybridized carbons (Fsp3) is 0.300. The van der Waals surface area contributed by atoms with Crippen LogP contribution in [0.15, 0.2) is 42.5 Å². The van der Waals surface area contributed by atoms with Gasteiger partial charge in [-0.1, -0.05) is 17.7 Å². The van der Waals surface area contributed by atoms with E-state index in [2.05, 4.69) is 10.6 Å². The standard InChI is InChI=1S/C20H24N2O4/c1-13-5-7-15(8-6-13)20(24)21-12-19(23)22-14(2)17-11-16(25-3)9-10-18(17)26-4/h5-11,14H,12H2,1-4H3,(H,21,24)(H,22,23). The van der Waals surface area contributed by atoms with Crippen LogP contribution in [0, 0.1) is 6.92 Å². The Labute approximate surface area is 153 Å². The molecule has 1 unspecified atom stereocenters. The van der Waals surface area contributed by atoms with Gasteiger partial charge in [0.1, 0.15) is 11.5 Å². The maximum Gasteiger partial charge on any atom is 0.251 e. The molecule has 0 aliphatic rings. The minimum atomic E-state index is -0.302. The van der Waals surface area contributed by atoms with E-state index in [4.69, 9.17) is 9.47 Å². The van der Waals surface area contributed by atoms with Crippen molar-refractivity contribution in [1.82, 2.24) is 10.6 Å². The molecule has 0 aliphatic carbocycles. The topological polar surface area (TPSA) is 76.7 Å². The number of aryl methyl sites for hydroxylation is 1. The Morgan fingerprint density at radius 1 is 1.04 bits per heavy atom. The Bertz CT molecular complexity index is 772. The van der Waals surface area contributed by atoms with Gasteiger partial charge in [0.25, 0.3) is 5.91 Å². The molecule has 26 heavy (non-hydrogen) atoms. The van der Waals surface area contributed by atoms with Gasteiger partial charge in [-0.05, 0) is 44.2 Å². The SMILES string of the molecule is COc1ccc(OC)c(C(C)NC(=O)CNC(=O)c2ccc(C)cc2)c1. The number of amides is 2. The molecule has 2 aromatic rings. The van der Waals surface area contributed by atoms with Gasteiger partial charge < -0.3 is 20.1 Å². The third kappa shape index (κ3) is 4.99. The van der Waals surface area contributed by atoms with Crippen molar-refractivity contribution in [3.05, 3.63) is 59.2 Å². The average Bonchev–Trinajstić information content (AvgIpc) is 2.66. The lowest BCUT2D eigenvalue weighted by molar-refractivity contribution is -0.120. The van der Waals surface area contributed by atoms with Crippen LogP contribution < -0.4 is 20.1 Å². The van der Waals surface area contributed by atoms with E-state index >= 15 is 0 Å². The van der Waals surface area contributed by atoms with Crippen LogP contribution in [0.3, 0.4) is 0 Å². The van der Waals surface area contributed by atoms with Crippen LogP contribution in [0.5, 0.6) is 11.5 Å².